The monoisotopic (exact) mass is 421 g/mol. The van der Waals surface area contributed by atoms with Crippen LogP contribution in [0.25, 0.3) is 0 Å². The Hall–Kier alpha value is -2.65. The van der Waals surface area contributed by atoms with Gasteiger partial charge >= 0.3 is 0 Å². The number of hydrogen-bond acceptors (Lipinski definition) is 5. The molecule has 0 radical (unpaired) electrons. The second kappa shape index (κ2) is 8.79. The number of benzene rings is 2. The van der Waals surface area contributed by atoms with Gasteiger partial charge in [0.25, 0.3) is 0 Å². The average molecular weight is 421 g/mol. The van der Waals surface area contributed by atoms with Gasteiger partial charge in [0.1, 0.15) is 11.6 Å². The molecule has 1 atom stereocenters. The van der Waals surface area contributed by atoms with Crippen LogP contribution < -0.4 is 14.4 Å². The zero-order chi connectivity index (χ0) is 21.0. The minimum atomic E-state index is -3.83. The van der Waals surface area contributed by atoms with Crippen molar-refractivity contribution in [2.45, 2.75) is 17.9 Å². The second-order valence-corrected chi connectivity index (χ2v) is 8.52. The van der Waals surface area contributed by atoms with Gasteiger partial charge in [-0.1, -0.05) is 0 Å². The lowest BCUT2D eigenvalue weighted by atomic mass is 10.2. The molecule has 1 aliphatic rings. The fourth-order valence-corrected chi connectivity index (χ4v) is 4.41. The highest BCUT2D eigenvalue weighted by Crippen LogP contribution is 2.18. The maximum absolute atomic E-state index is 13.1. The predicted octanol–water partition coefficient (Wildman–Crippen LogP) is 1.85. The Labute approximate surface area is 170 Å². The second-order valence-electron chi connectivity index (χ2n) is 6.81. The van der Waals surface area contributed by atoms with Crippen LogP contribution in [0.3, 0.4) is 0 Å². The van der Waals surface area contributed by atoms with Gasteiger partial charge < -0.3 is 14.5 Å². The fourth-order valence-electron chi connectivity index (χ4n) is 3.22. The quantitative estimate of drug-likeness (QED) is 0.770. The molecule has 2 aromatic carbocycles. The van der Waals surface area contributed by atoms with Crippen molar-refractivity contribution in [3.8, 4) is 5.75 Å². The van der Waals surface area contributed by atoms with Crippen molar-refractivity contribution in [2.75, 3.05) is 38.2 Å². The van der Waals surface area contributed by atoms with Gasteiger partial charge in [0.15, 0.2) is 0 Å². The molecule has 9 heteroatoms. The number of nitrogens with one attached hydrogen (secondary N) is 1. The van der Waals surface area contributed by atoms with Gasteiger partial charge in [-0.15, -0.1) is 0 Å². The van der Waals surface area contributed by atoms with Crippen molar-refractivity contribution < 1.29 is 22.3 Å². The van der Waals surface area contributed by atoms with Gasteiger partial charge in [0.05, 0.1) is 18.0 Å². The summed E-state index contributed by atoms with van der Waals surface area (Å²) in [6.45, 7) is 3.65. The summed E-state index contributed by atoms with van der Waals surface area (Å²) in [7, 11) is -2.33. The molecular weight excluding hydrogens is 397 g/mol. The number of halogens is 1. The van der Waals surface area contributed by atoms with E-state index in [2.05, 4.69) is 9.62 Å². The number of piperazine rings is 1. The van der Waals surface area contributed by atoms with Crippen LogP contribution in [0, 0.1) is 5.82 Å². The molecule has 1 N–H and O–H groups in total. The highest BCUT2D eigenvalue weighted by atomic mass is 32.2. The Balaban J connectivity index is 1.58. The molecule has 1 saturated heterocycles. The molecule has 1 fully saturated rings. The number of ether oxygens (including phenoxy) is 1. The molecule has 0 bridgehead atoms. The highest BCUT2D eigenvalue weighted by Gasteiger charge is 2.28. The average Bonchev–Trinajstić information content (AvgIpc) is 2.73. The third-order valence-corrected chi connectivity index (χ3v) is 6.41. The van der Waals surface area contributed by atoms with Crippen molar-refractivity contribution in [2.24, 2.45) is 0 Å². The van der Waals surface area contributed by atoms with E-state index in [9.17, 15) is 17.6 Å². The summed E-state index contributed by atoms with van der Waals surface area (Å²) in [5.41, 5.74) is 0.895. The highest BCUT2D eigenvalue weighted by molar-refractivity contribution is 7.89. The largest absolute Gasteiger partial charge is 0.497 e. The molecule has 0 aliphatic carbocycles. The molecular formula is C20H24FN3O4S. The zero-order valence-electron chi connectivity index (χ0n) is 16.3. The minimum absolute atomic E-state index is 0.0686. The summed E-state index contributed by atoms with van der Waals surface area (Å²) in [6, 6.07) is 11.3. The summed E-state index contributed by atoms with van der Waals surface area (Å²) < 4.78 is 45.6. The number of sulfonamides is 1. The summed E-state index contributed by atoms with van der Waals surface area (Å²) in [6.07, 6.45) is 0. The van der Waals surface area contributed by atoms with E-state index >= 15 is 0 Å². The third kappa shape index (κ3) is 5.04. The van der Waals surface area contributed by atoms with Crippen molar-refractivity contribution in [3.05, 3.63) is 54.3 Å². The van der Waals surface area contributed by atoms with Gasteiger partial charge in [0, 0.05) is 31.9 Å². The lowest BCUT2D eigenvalue weighted by Crippen LogP contribution is -2.54. The van der Waals surface area contributed by atoms with Gasteiger partial charge in [0.2, 0.25) is 15.9 Å². The van der Waals surface area contributed by atoms with E-state index < -0.39 is 16.1 Å². The number of amides is 1. The van der Waals surface area contributed by atoms with E-state index in [1.165, 1.54) is 38.3 Å². The van der Waals surface area contributed by atoms with Crippen molar-refractivity contribution in [1.29, 1.82) is 0 Å². The molecule has 3 rings (SSSR count). The van der Waals surface area contributed by atoms with Gasteiger partial charge in [-0.2, -0.15) is 4.72 Å². The van der Waals surface area contributed by atoms with Crippen molar-refractivity contribution >= 4 is 21.6 Å². The Bertz CT molecular complexity index is 941. The van der Waals surface area contributed by atoms with Crippen LogP contribution in [0.2, 0.25) is 0 Å². The van der Waals surface area contributed by atoms with Crippen molar-refractivity contribution in [3.63, 3.8) is 0 Å². The van der Waals surface area contributed by atoms with Crippen LogP contribution in [0.4, 0.5) is 10.1 Å². The van der Waals surface area contributed by atoms with Crippen LogP contribution in [0.15, 0.2) is 53.4 Å². The smallest absolute Gasteiger partial charge is 0.241 e. The van der Waals surface area contributed by atoms with Crippen LogP contribution in [-0.2, 0) is 14.8 Å². The first-order valence-electron chi connectivity index (χ1n) is 9.26. The summed E-state index contributed by atoms with van der Waals surface area (Å²) in [4.78, 5) is 16.5. The van der Waals surface area contributed by atoms with Crippen molar-refractivity contribution in [1.82, 2.24) is 9.62 Å². The number of anilines is 1. The van der Waals surface area contributed by atoms with Gasteiger partial charge in [-0.25, -0.2) is 12.8 Å². The molecule has 7 nitrogen and oxygen atoms in total. The number of rotatable bonds is 6. The van der Waals surface area contributed by atoms with E-state index in [4.69, 9.17) is 4.74 Å². The zero-order valence-corrected chi connectivity index (χ0v) is 17.2. The fraction of sp³-hybridized carbons (Fsp3) is 0.350. The summed E-state index contributed by atoms with van der Waals surface area (Å²) in [5.74, 6) is -0.0199. The SMILES string of the molecule is COc1ccc(S(=O)(=O)N[C@H](C)C(=O)N2CCN(c3ccc(F)cc3)CC2)cc1. The van der Waals surface area contributed by atoms with E-state index in [1.54, 1.807) is 29.2 Å². The first-order chi connectivity index (χ1) is 13.8. The van der Waals surface area contributed by atoms with Crippen LogP contribution in [0.5, 0.6) is 5.75 Å². The predicted molar refractivity (Wildman–Crippen MR) is 108 cm³/mol. The van der Waals surface area contributed by atoms with E-state index in [0.29, 0.717) is 31.9 Å². The number of methoxy groups -OCH3 is 1. The first kappa shape index (κ1) is 21.1. The Kier molecular flexibility index (Phi) is 6.39. The Morgan fingerprint density at radius 3 is 2.17 bits per heavy atom. The third-order valence-electron chi connectivity index (χ3n) is 4.86. The summed E-state index contributed by atoms with van der Waals surface area (Å²) in [5, 5.41) is 0. The van der Waals surface area contributed by atoms with Crippen LogP contribution in [-0.4, -0.2) is 58.6 Å². The maximum Gasteiger partial charge on any atom is 0.241 e. The lowest BCUT2D eigenvalue weighted by molar-refractivity contribution is -0.132. The Morgan fingerprint density at radius 2 is 1.62 bits per heavy atom. The number of carbonyl (C=O) groups is 1. The first-order valence-corrected chi connectivity index (χ1v) is 10.7. The molecule has 1 amide bonds. The van der Waals surface area contributed by atoms with E-state index in [0.717, 1.165) is 5.69 Å². The minimum Gasteiger partial charge on any atom is -0.497 e. The number of nitrogens with zero attached hydrogens (tertiary/aromatic N) is 2. The molecule has 1 heterocycles. The van der Waals surface area contributed by atoms with Gasteiger partial charge in [-0.3, -0.25) is 4.79 Å². The van der Waals surface area contributed by atoms with E-state index in [1.807, 2.05) is 0 Å². The molecule has 156 valence electrons. The molecule has 0 unspecified atom stereocenters. The number of hydrogen-bond donors (Lipinski definition) is 1. The van der Waals surface area contributed by atoms with Crippen LogP contribution in [0.1, 0.15) is 6.92 Å². The summed E-state index contributed by atoms with van der Waals surface area (Å²) >= 11 is 0. The normalized spacial score (nSPS) is 15.8. The maximum atomic E-state index is 13.1. The van der Waals surface area contributed by atoms with Crippen LogP contribution >= 0.6 is 0 Å². The molecule has 0 aromatic heterocycles. The molecule has 1 aliphatic heterocycles. The topological polar surface area (TPSA) is 78.9 Å². The van der Waals surface area contributed by atoms with E-state index in [-0.39, 0.29) is 16.6 Å². The standard InChI is InChI=1S/C20H24FN3O4S/c1-15(22-29(26,27)19-9-7-18(28-2)8-10-19)20(25)24-13-11-23(12-14-24)17-5-3-16(21)4-6-17/h3-10,15,22H,11-14H2,1-2H3/t15-/m1/s1. The lowest BCUT2D eigenvalue weighted by Gasteiger charge is -2.37. The Morgan fingerprint density at radius 1 is 1.03 bits per heavy atom. The molecule has 0 saturated carbocycles. The number of carbonyl (C=O) groups excluding carboxylic acids is 1. The molecule has 0 spiro atoms. The molecule has 29 heavy (non-hydrogen) atoms. The molecule has 2 aromatic rings. The van der Waals surface area contributed by atoms with Gasteiger partial charge in [-0.05, 0) is 55.5 Å².